The Morgan fingerprint density at radius 3 is 0.879 bits per heavy atom. The van der Waals surface area contributed by atoms with Crippen LogP contribution in [-0.4, -0.2) is 95.9 Å². The van der Waals surface area contributed by atoms with Gasteiger partial charge < -0.3 is 34.2 Å². The molecule has 0 saturated heterocycles. The molecule has 4 N–H and O–H groups in total. The molecule has 18 heteroatoms. The predicted molar refractivity (Wildman–Crippen MR) is 408 cm³/mol. The minimum absolute atomic E-state index is 0.0146. The highest BCUT2D eigenvalue weighted by Crippen LogP contribution is 2.45. The third kappa shape index (κ3) is 73.9. The van der Waals surface area contributed by atoms with Crippen LogP contribution in [0.4, 0.5) is 0 Å². The molecule has 16 nitrogen and oxygen atoms in total. The van der Waals surface area contributed by atoms with Gasteiger partial charge in [-0.1, -0.05) is 268 Å². The summed E-state index contributed by atoms with van der Waals surface area (Å²) >= 11 is 0. The fourth-order valence-corrected chi connectivity index (χ4v) is 10.8. The van der Waals surface area contributed by atoms with Crippen molar-refractivity contribution in [2.24, 2.45) is 0 Å². The lowest BCUT2D eigenvalue weighted by molar-refractivity contribution is -0.161. The van der Waals surface area contributed by atoms with E-state index < -0.39 is 91.5 Å². The molecule has 0 aromatic rings. The minimum atomic E-state index is -4.96. The summed E-state index contributed by atoms with van der Waals surface area (Å²) in [7, 11) is -9.83. The Kier molecular flexibility index (Phi) is 69.0. The fourth-order valence-electron chi connectivity index (χ4n) is 9.26. The van der Waals surface area contributed by atoms with Crippen LogP contribution in [0.3, 0.4) is 0 Å². The van der Waals surface area contributed by atoms with Gasteiger partial charge in [0.1, 0.15) is 25.4 Å². The molecule has 0 aliphatic carbocycles. The molecule has 0 spiro atoms. The normalized spacial score (nSPS) is 15.0. The van der Waals surface area contributed by atoms with E-state index in [1.54, 1.807) is 0 Å². The molecule has 0 aliphatic rings. The third-order valence-corrected chi connectivity index (χ3v) is 16.8. The molecule has 0 rings (SSSR count). The Morgan fingerprint density at radius 2 is 0.545 bits per heavy atom. The number of phosphoric ester groups is 2. The quantitative estimate of drug-likeness (QED) is 0.0146. The summed E-state index contributed by atoms with van der Waals surface area (Å²) in [5.74, 6) is -1.68. The van der Waals surface area contributed by atoms with E-state index in [1.165, 1.54) is 51.4 Å². The maximum Gasteiger partial charge on any atom is 0.472 e. The molecule has 0 aromatic heterocycles. The average molecular weight is 1420 g/mol. The fraction of sp³-hybridized carbons (Fsp3) is 0.617. The zero-order valence-electron chi connectivity index (χ0n) is 61.1. The predicted octanol–water partition coefficient (Wildman–Crippen LogP) is 21.6. The van der Waals surface area contributed by atoms with Crippen LogP contribution in [-0.2, 0) is 55.8 Å². The van der Waals surface area contributed by atoms with Crippen LogP contribution in [0.2, 0.25) is 0 Å². The van der Waals surface area contributed by atoms with Gasteiger partial charge in [0.15, 0.2) is 6.10 Å². The van der Waals surface area contributed by atoms with Crippen LogP contribution in [0.25, 0.3) is 0 Å². The van der Waals surface area contributed by atoms with Crippen molar-refractivity contribution in [2.45, 2.75) is 283 Å². The number of aliphatic hydroxyl groups is 2. The molecule has 0 aliphatic heterocycles. The monoisotopic (exact) mass is 1420 g/mol. The van der Waals surface area contributed by atoms with Crippen molar-refractivity contribution in [1.82, 2.24) is 0 Å². The second kappa shape index (κ2) is 72.7. The summed E-state index contributed by atoms with van der Waals surface area (Å²) < 4.78 is 61.0. The molecule has 5 unspecified atom stereocenters. The molecule has 0 aromatic carbocycles. The van der Waals surface area contributed by atoms with E-state index in [4.69, 9.17) is 32.3 Å². The molecule has 99 heavy (non-hydrogen) atoms. The minimum Gasteiger partial charge on any atom is -0.463 e. The van der Waals surface area contributed by atoms with Gasteiger partial charge in [0.25, 0.3) is 0 Å². The van der Waals surface area contributed by atoms with Gasteiger partial charge >= 0.3 is 33.6 Å². The van der Waals surface area contributed by atoms with Crippen LogP contribution in [0.15, 0.2) is 170 Å². The van der Waals surface area contributed by atoms with Crippen LogP contribution < -0.4 is 0 Å². The SMILES string of the molecule is CC/C=C\C/C=C\C/C=C\C/C=C\C/C=C\CCCCCCCC(=O)OCC(COP(=O)(O)OCC(O)COP(=O)(O)OCC(O)COC(=O)CCCCCCCCCCC/C=C\C/C=C\C/C=C\C/C=C\CCCCC)OC(=O)CCC/C=C\C/C=C\C/C=C\C/C=C\C/C=C\CC. The highest BCUT2D eigenvalue weighted by Gasteiger charge is 2.29. The van der Waals surface area contributed by atoms with Gasteiger partial charge in [-0.2, -0.15) is 0 Å². The number of carbonyl (C=O) groups is 3. The second-order valence-corrected chi connectivity index (χ2v) is 27.2. The van der Waals surface area contributed by atoms with Crippen LogP contribution in [0.5, 0.6) is 0 Å². The van der Waals surface area contributed by atoms with Crippen molar-refractivity contribution in [2.75, 3.05) is 39.6 Å². The number of esters is 3. The largest absolute Gasteiger partial charge is 0.472 e. The van der Waals surface area contributed by atoms with E-state index >= 15 is 0 Å². The first-order valence-corrected chi connectivity index (χ1v) is 40.4. The standard InChI is InChI=1S/C81H132O16P2/c1-4-7-10-13-16-19-22-25-28-31-33-35-36-37-38-40-42-44-46-49-52-55-58-61-64-67-79(84)91-70-76(82)71-93-98(87,88)94-72-77(83)73-95-99(89,90)96-75-78(97-81(86)69-66-63-60-57-54-51-48-43-30-27-24-21-18-15-12-9-6-3)74-92-80(85)68-65-62-59-56-53-50-47-45-41-39-34-32-29-26-23-20-17-14-11-8-5-2/h8-9,11-12,16-21,25-30,33-35,37-39,45,47-48,51,57,60,76-78,82-83H,4-7,10,13-15,22-24,31-32,36,40-44,46,49-50,52-56,58-59,61-75H2,1-3H3,(H,87,88)(H,89,90)/b11-8-,12-9-,19-16-,20-17-,21-18-,28-25-,29-26-,30-27-,35-33-,38-37-,39-34-,47-45-,51-48-,60-57-. The summed E-state index contributed by atoms with van der Waals surface area (Å²) in [5, 5.41) is 20.6. The van der Waals surface area contributed by atoms with Gasteiger partial charge in [-0.05, 0) is 148 Å². The van der Waals surface area contributed by atoms with Crippen LogP contribution >= 0.6 is 15.6 Å². The molecule has 562 valence electrons. The molecule has 5 atom stereocenters. The third-order valence-electron chi connectivity index (χ3n) is 14.9. The van der Waals surface area contributed by atoms with E-state index in [1.807, 2.05) is 12.2 Å². The lowest BCUT2D eigenvalue weighted by atomic mass is 10.1. The van der Waals surface area contributed by atoms with Crippen molar-refractivity contribution >= 4 is 33.6 Å². The van der Waals surface area contributed by atoms with Crippen molar-refractivity contribution < 1.29 is 75.8 Å². The number of rotatable bonds is 69. The zero-order valence-corrected chi connectivity index (χ0v) is 62.9. The number of hydrogen-bond donors (Lipinski definition) is 4. The van der Waals surface area contributed by atoms with Gasteiger partial charge in [0, 0.05) is 19.3 Å². The Labute approximate surface area is 599 Å². The average Bonchev–Trinajstić information content (AvgIpc) is 2.16. The van der Waals surface area contributed by atoms with Crippen molar-refractivity contribution in [3.63, 3.8) is 0 Å². The summed E-state index contributed by atoms with van der Waals surface area (Å²) in [5.41, 5.74) is 0. The highest BCUT2D eigenvalue weighted by molar-refractivity contribution is 7.47. The Bertz CT molecular complexity index is 2480. The van der Waals surface area contributed by atoms with E-state index in [2.05, 4.69) is 179 Å². The summed E-state index contributed by atoms with van der Waals surface area (Å²) in [6.07, 6.45) is 91.2. The van der Waals surface area contributed by atoms with E-state index in [0.29, 0.717) is 25.7 Å². The van der Waals surface area contributed by atoms with Crippen molar-refractivity contribution in [1.29, 1.82) is 0 Å². The smallest absolute Gasteiger partial charge is 0.463 e. The maximum atomic E-state index is 12.9. The first-order chi connectivity index (χ1) is 48.2. The summed E-state index contributed by atoms with van der Waals surface area (Å²) in [4.78, 5) is 58.6. The number of unbranched alkanes of at least 4 members (excludes halogenated alkanes) is 18. The van der Waals surface area contributed by atoms with Crippen molar-refractivity contribution in [3.05, 3.63) is 170 Å². The highest BCUT2D eigenvalue weighted by atomic mass is 31.2. The van der Waals surface area contributed by atoms with Gasteiger partial charge in [-0.3, -0.25) is 32.5 Å². The topological polar surface area (TPSA) is 231 Å². The molecular formula is C81H132O16P2. The van der Waals surface area contributed by atoms with E-state index in [0.717, 1.165) is 148 Å². The zero-order chi connectivity index (χ0) is 72.3. The Balaban J connectivity index is 4.71. The second-order valence-electron chi connectivity index (χ2n) is 24.3. The summed E-state index contributed by atoms with van der Waals surface area (Å²) in [6.45, 7) is 2.30. The van der Waals surface area contributed by atoms with Crippen LogP contribution in [0, 0.1) is 0 Å². The van der Waals surface area contributed by atoms with Crippen LogP contribution in [0.1, 0.15) is 265 Å². The molecule has 0 heterocycles. The number of hydrogen-bond acceptors (Lipinski definition) is 14. The Hall–Kier alpha value is -5.09. The molecular weight excluding hydrogens is 1290 g/mol. The lowest BCUT2D eigenvalue weighted by Crippen LogP contribution is -2.30. The number of aliphatic hydroxyl groups excluding tert-OH is 2. The number of carbonyl (C=O) groups excluding carboxylic acids is 3. The molecule has 0 saturated carbocycles. The maximum absolute atomic E-state index is 12.9. The first-order valence-electron chi connectivity index (χ1n) is 37.4. The number of allylic oxidation sites excluding steroid dienone is 28. The van der Waals surface area contributed by atoms with Gasteiger partial charge in [-0.15, -0.1) is 0 Å². The molecule has 0 radical (unpaired) electrons. The Morgan fingerprint density at radius 1 is 0.293 bits per heavy atom. The first kappa shape index (κ1) is 93.9. The molecule has 0 amide bonds. The lowest BCUT2D eigenvalue weighted by Gasteiger charge is -2.21. The number of ether oxygens (including phenoxy) is 3. The van der Waals surface area contributed by atoms with Gasteiger partial charge in [0.05, 0.1) is 26.4 Å². The van der Waals surface area contributed by atoms with Crippen molar-refractivity contribution in [3.8, 4) is 0 Å². The van der Waals surface area contributed by atoms with E-state index in [-0.39, 0.29) is 19.3 Å². The van der Waals surface area contributed by atoms with E-state index in [9.17, 15) is 43.5 Å². The molecule has 0 fully saturated rings. The number of phosphoric acid groups is 2. The molecule has 0 bridgehead atoms. The van der Waals surface area contributed by atoms with Gasteiger partial charge in [0.2, 0.25) is 0 Å². The summed E-state index contributed by atoms with van der Waals surface area (Å²) in [6, 6.07) is 0. The van der Waals surface area contributed by atoms with Gasteiger partial charge in [-0.25, -0.2) is 9.13 Å².